The van der Waals surface area contributed by atoms with Crippen molar-refractivity contribution in [2.75, 3.05) is 16.2 Å². The van der Waals surface area contributed by atoms with Crippen LogP contribution in [0.1, 0.15) is 30.9 Å². The molecule has 1 amide bonds. The number of amides is 1. The van der Waals surface area contributed by atoms with E-state index in [9.17, 15) is 13.2 Å². The number of carbonyl (C=O) groups is 1. The highest BCUT2D eigenvalue weighted by atomic mass is 32.2. The van der Waals surface area contributed by atoms with E-state index in [1.54, 1.807) is 29.2 Å². The van der Waals surface area contributed by atoms with Crippen LogP contribution < -0.4 is 9.62 Å². The molecule has 0 spiro atoms. The number of benzene rings is 2. The Hall–Kier alpha value is -2.34. The first-order chi connectivity index (χ1) is 11.9. The second-order valence-corrected chi connectivity index (χ2v) is 7.95. The van der Waals surface area contributed by atoms with Crippen LogP contribution in [0.25, 0.3) is 0 Å². The van der Waals surface area contributed by atoms with Gasteiger partial charge in [-0.3, -0.25) is 9.52 Å². The van der Waals surface area contributed by atoms with E-state index in [0.29, 0.717) is 18.7 Å². The summed E-state index contributed by atoms with van der Waals surface area (Å²) in [5.74, 6) is 0.0917. The minimum absolute atomic E-state index is 0.0917. The Kier molecular flexibility index (Phi) is 4.81. The van der Waals surface area contributed by atoms with Crippen LogP contribution in [0, 0.1) is 6.92 Å². The molecule has 2 aromatic carbocycles. The fourth-order valence-corrected chi connectivity index (χ4v) is 4.26. The van der Waals surface area contributed by atoms with Crippen molar-refractivity contribution in [3.8, 4) is 0 Å². The van der Waals surface area contributed by atoms with Crippen LogP contribution in [-0.4, -0.2) is 20.9 Å². The average molecular weight is 358 g/mol. The summed E-state index contributed by atoms with van der Waals surface area (Å²) >= 11 is 0. The molecule has 2 aromatic rings. The zero-order valence-electron chi connectivity index (χ0n) is 14.5. The van der Waals surface area contributed by atoms with Gasteiger partial charge in [0.15, 0.2) is 0 Å². The lowest BCUT2D eigenvalue weighted by molar-refractivity contribution is -0.118. The van der Waals surface area contributed by atoms with Gasteiger partial charge in [-0.2, -0.15) is 0 Å². The normalized spacial score (nSPS) is 14.1. The number of nitrogens with zero attached hydrogens (tertiary/aromatic N) is 1. The molecule has 0 atom stereocenters. The summed E-state index contributed by atoms with van der Waals surface area (Å²) < 4.78 is 27.8. The monoisotopic (exact) mass is 358 g/mol. The molecule has 0 bridgehead atoms. The number of fused-ring (bicyclic) bond motifs is 1. The van der Waals surface area contributed by atoms with Crippen LogP contribution in [-0.2, 0) is 21.2 Å². The fraction of sp³-hybridized carbons (Fsp3) is 0.316. The molecule has 1 aliphatic rings. The number of aryl methyl sites for hydroxylation is 2. The van der Waals surface area contributed by atoms with Crippen molar-refractivity contribution in [3.63, 3.8) is 0 Å². The van der Waals surface area contributed by atoms with Crippen molar-refractivity contribution in [2.24, 2.45) is 0 Å². The third kappa shape index (κ3) is 3.69. The summed E-state index contributed by atoms with van der Waals surface area (Å²) in [5.41, 5.74) is 3.29. The van der Waals surface area contributed by atoms with Crippen molar-refractivity contribution < 1.29 is 13.2 Å². The highest BCUT2D eigenvalue weighted by Gasteiger charge is 2.22. The summed E-state index contributed by atoms with van der Waals surface area (Å²) in [6.45, 7) is 4.42. The predicted octanol–water partition coefficient (Wildman–Crippen LogP) is 3.49. The molecule has 1 aliphatic heterocycles. The first-order valence-corrected chi connectivity index (χ1v) is 9.92. The van der Waals surface area contributed by atoms with Gasteiger partial charge < -0.3 is 4.90 Å². The first kappa shape index (κ1) is 17.5. The molecule has 6 heteroatoms. The number of hydrogen-bond donors (Lipinski definition) is 1. The van der Waals surface area contributed by atoms with E-state index >= 15 is 0 Å². The largest absolute Gasteiger partial charge is 0.312 e. The van der Waals surface area contributed by atoms with Gasteiger partial charge in [-0.1, -0.05) is 19.1 Å². The zero-order chi connectivity index (χ0) is 18.0. The third-order valence-corrected chi connectivity index (χ3v) is 5.73. The van der Waals surface area contributed by atoms with Crippen LogP contribution in [0.4, 0.5) is 11.4 Å². The lowest BCUT2D eigenvalue weighted by Crippen LogP contribution is -2.34. The molecule has 5 nitrogen and oxygen atoms in total. The van der Waals surface area contributed by atoms with Gasteiger partial charge in [0.05, 0.1) is 4.90 Å². The Bertz CT molecular complexity index is 907. The van der Waals surface area contributed by atoms with Gasteiger partial charge >= 0.3 is 0 Å². The maximum Gasteiger partial charge on any atom is 0.261 e. The topological polar surface area (TPSA) is 66.5 Å². The number of anilines is 2. The Labute approximate surface area is 148 Å². The molecule has 0 fully saturated rings. The third-order valence-electron chi connectivity index (χ3n) is 4.35. The SMILES string of the molecule is CCC(=O)N1CCCc2cc(NS(=O)(=O)c3cccc(C)c3)ccc21. The predicted molar refractivity (Wildman–Crippen MR) is 99.4 cm³/mol. The van der Waals surface area contributed by atoms with Crippen LogP contribution in [0.2, 0.25) is 0 Å². The second kappa shape index (κ2) is 6.88. The Morgan fingerprint density at radius 1 is 1.20 bits per heavy atom. The van der Waals surface area contributed by atoms with Gasteiger partial charge in [0.25, 0.3) is 10.0 Å². The van der Waals surface area contributed by atoms with E-state index in [2.05, 4.69) is 4.72 Å². The molecule has 0 saturated carbocycles. The van der Waals surface area contributed by atoms with E-state index in [-0.39, 0.29) is 10.8 Å². The maximum atomic E-state index is 12.6. The molecular weight excluding hydrogens is 336 g/mol. The van der Waals surface area contributed by atoms with E-state index < -0.39 is 10.0 Å². The maximum absolute atomic E-state index is 12.6. The van der Waals surface area contributed by atoms with Crippen molar-refractivity contribution >= 4 is 27.3 Å². The van der Waals surface area contributed by atoms with Crippen LogP contribution >= 0.6 is 0 Å². The molecule has 0 aliphatic carbocycles. The molecule has 1 N–H and O–H groups in total. The molecule has 25 heavy (non-hydrogen) atoms. The summed E-state index contributed by atoms with van der Waals surface area (Å²) in [5, 5.41) is 0. The van der Waals surface area contributed by atoms with Gasteiger partial charge in [0, 0.05) is 24.3 Å². The Morgan fingerprint density at radius 3 is 2.72 bits per heavy atom. The van der Waals surface area contributed by atoms with Crippen LogP contribution in [0.5, 0.6) is 0 Å². The summed E-state index contributed by atoms with van der Waals surface area (Å²) in [7, 11) is -3.63. The van der Waals surface area contributed by atoms with E-state index in [1.807, 2.05) is 32.0 Å². The molecule has 0 aromatic heterocycles. The summed E-state index contributed by atoms with van der Waals surface area (Å²) in [6.07, 6.45) is 2.18. The standard InChI is InChI=1S/C19H22N2O3S/c1-3-19(22)21-11-5-7-15-13-16(9-10-18(15)21)20-25(23,24)17-8-4-6-14(2)12-17/h4,6,8-10,12-13,20H,3,5,7,11H2,1-2H3. The fourth-order valence-electron chi connectivity index (χ4n) is 3.11. The Balaban J connectivity index is 1.89. The number of rotatable bonds is 4. The molecule has 1 heterocycles. The van der Waals surface area contributed by atoms with E-state index in [1.165, 1.54) is 0 Å². The van der Waals surface area contributed by atoms with Gasteiger partial charge in [-0.05, 0) is 61.2 Å². The van der Waals surface area contributed by atoms with E-state index in [4.69, 9.17) is 0 Å². The number of carbonyl (C=O) groups excluding carboxylic acids is 1. The smallest absolute Gasteiger partial charge is 0.261 e. The van der Waals surface area contributed by atoms with E-state index in [0.717, 1.165) is 29.7 Å². The average Bonchev–Trinajstić information content (AvgIpc) is 2.60. The summed E-state index contributed by atoms with van der Waals surface area (Å²) in [4.78, 5) is 14.1. The van der Waals surface area contributed by atoms with Gasteiger partial charge in [0.1, 0.15) is 0 Å². The molecule has 0 saturated heterocycles. The van der Waals surface area contributed by atoms with Gasteiger partial charge in [-0.25, -0.2) is 8.42 Å². The van der Waals surface area contributed by atoms with Crippen molar-refractivity contribution in [1.29, 1.82) is 0 Å². The van der Waals surface area contributed by atoms with Gasteiger partial charge in [-0.15, -0.1) is 0 Å². The number of sulfonamides is 1. The first-order valence-electron chi connectivity index (χ1n) is 8.43. The highest BCUT2D eigenvalue weighted by Crippen LogP contribution is 2.31. The highest BCUT2D eigenvalue weighted by molar-refractivity contribution is 7.92. The molecule has 3 rings (SSSR count). The van der Waals surface area contributed by atoms with Crippen molar-refractivity contribution in [1.82, 2.24) is 0 Å². The van der Waals surface area contributed by atoms with Crippen molar-refractivity contribution in [3.05, 3.63) is 53.6 Å². The lowest BCUT2D eigenvalue weighted by atomic mass is 10.0. The minimum Gasteiger partial charge on any atom is -0.312 e. The zero-order valence-corrected chi connectivity index (χ0v) is 15.3. The van der Waals surface area contributed by atoms with Crippen molar-refractivity contribution in [2.45, 2.75) is 38.0 Å². The van der Waals surface area contributed by atoms with Crippen LogP contribution in [0.15, 0.2) is 47.4 Å². The lowest BCUT2D eigenvalue weighted by Gasteiger charge is -2.29. The molecule has 132 valence electrons. The number of nitrogens with one attached hydrogen (secondary N) is 1. The minimum atomic E-state index is -3.63. The molecule has 0 unspecified atom stereocenters. The van der Waals surface area contributed by atoms with Gasteiger partial charge in [0.2, 0.25) is 5.91 Å². The molecule has 0 radical (unpaired) electrons. The number of hydrogen-bond acceptors (Lipinski definition) is 3. The van der Waals surface area contributed by atoms with Crippen LogP contribution in [0.3, 0.4) is 0 Å². The Morgan fingerprint density at radius 2 is 2.00 bits per heavy atom. The quantitative estimate of drug-likeness (QED) is 0.910. The summed E-state index contributed by atoms with van der Waals surface area (Å²) in [6, 6.07) is 12.2. The molecular formula is C19H22N2O3S. The second-order valence-electron chi connectivity index (χ2n) is 6.27.